The lowest BCUT2D eigenvalue weighted by Gasteiger charge is -2.09. The average molecular weight is 407 g/mol. The number of halogens is 2. The van der Waals surface area contributed by atoms with Gasteiger partial charge in [0.25, 0.3) is 10.0 Å². The van der Waals surface area contributed by atoms with Crippen molar-refractivity contribution in [2.24, 2.45) is 0 Å². The molecule has 0 heterocycles. The van der Waals surface area contributed by atoms with Crippen LogP contribution in [0.15, 0.2) is 47.4 Å². The molecule has 106 valence electrons. The van der Waals surface area contributed by atoms with Crippen LogP contribution < -0.4 is 4.72 Å². The Kier molecular flexibility index (Phi) is 4.61. The van der Waals surface area contributed by atoms with Crippen LogP contribution in [0.5, 0.6) is 0 Å². The van der Waals surface area contributed by atoms with Gasteiger partial charge in [0.2, 0.25) is 0 Å². The van der Waals surface area contributed by atoms with E-state index in [9.17, 15) is 12.8 Å². The van der Waals surface area contributed by atoms with Gasteiger partial charge in [-0.2, -0.15) is 0 Å². The molecule has 0 saturated carbocycles. The lowest BCUT2D eigenvalue weighted by Crippen LogP contribution is -2.14. The first-order chi connectivity index (χ1) is 9.42. The van der Waals surface area contributed by atoms with Gasteiger partial charge in [-0.3, -0.25) is 4.72 Å². The van der Waals surface area contributed by atoms with E-state index in [1.165, 1.54) is 6.07 Å². The Morgan fingerprint density at radius 2 is 1.95 bits per heavy atom. The van der Waals surface area contributed by atoms with E-state index in [-0.39, 0.29) is 6.61 Å². The average Bonchev–Trinajstić information content (AvgIpc) is 2.37. The van der Waals surface area contributed by atoms with E-state index < -0.39 is 20.7 Å². The van der Waals surface area contributed by atoms with Gasteiger partial charge < -0.3 is 5.11 Å². The van der Waals surface area contributed by atoms with E-state index in [2.05, 4.69) is 27.3 Å². The van der Waals surface area contributed by atoms with Crippen molar-refractivity contribution in [2.75, 3.05) is 4.72 Å². The van der Waals surface area contributed by atoms with Crippen molar-refractivity contribution in [2.45, 2.75) is 11.5 Å². The molecular formula is C13H11FINO3S. The molecular weight excluding hydrogens is 396 g/mol. The van der Waals surface area contributed by atoms with Crippen LogP contribution in [0.25, 0.3) is 0 Å². The number of aliphatic hydroxyl groups is 1. The Morgan fingerprint density at radius 1 is 1.20 bits per heavy atom. The summed E-state index contributed by atoms with van der Waals surface area (Å²) in [5, 5.41) is 8.89. The SMILES string of the molecule is O=S(=O)(Nc1cccc(I)c1)c1ccc(CO)cc1F. The summed E-state index contributed by atoms with van der Waals surface area (Å²) in [6.45, 7) is -0.346. The number of hydrogen-bond acceptors (Lipinski definition) is 3. The maximum Gasteiger partial charge on any atom is 0.264 e. The standard InChI is InChI=1S/C13H11FINO3S/c14-12-6-9(8-17)4-5-13(12)20(18,19)16-11-3-1-2-10(15)7-11/h1-7,16-17H,8H2. The number of rotatable bonds is 4. The number of hydrogen-bond donors (Lipinski definition) is 2. The molecule has 7 heteroatoms. The molecule has 2 N–H and O–H groups in total. The van der Waals surface area contributed by atoms with Crippen molar-refractivity contribution >= 4 is 38.3 Å². The molecule has 4 nitrogen and oxygen atoms in total. The monoisotopic (exact) mass is 407 g/mol. The number of anilines is 1. The zero-order valence-electron chi connectivity index (χ0n) is 10.2. The van der Waals surface area contributed by atoms with Crippen molar-refractivity contribution in [3.63, 3.8) is 0 Å². The van der Waals surface area contributed by atoms with E-state index >= 15 is 0 Å². The lowest BCUT2D eigenvalue weighted by molar-refractivity contribution is 0.281. The second-order valence-electron chi connectivity index (χ2n) is 4.04. The normalized spacial score (nSPS) is 11.3. The Balaban J connectivity index is 2.36. The van der Waals surface area contributed by atoms with Crippen LogP contribution in [0.2, 0.25) is 0 Å². The molecule has 0 unspecified atom stereocenters. The molecule has 0 spiro atoms. The summed E-state index contributed by atoms with van der Waals surface area (Å²) in [6.07, 6.45) is 0. The number of aliphatic hydroxyl groups excluding tert-OH is 1. The predicted molar refractivity (Wildman–Crippen MR) is 82.3 cm³/mol. The highest BCUT2D eigenvalue weighted by Crippen LogP contribution is 2.21. The third-order valence-electron chi connectivity index (χ3n) is 2.55. The molecule has 0 saturated heterocycles. The van der Waals surface area contributed by atoms with Gasteiger partial charge >= 0.3 is 0 Å². The molecule has 0 atom stereocenters. The molecule has 2 rings (SSSR count). The Labute approximate surface area is 129 Å². The predicted octanol–water partition coefficient (Wildman–Crippen LogP) is 2.72. The van der Waals surface area contributed by atoms with Gasteiger partial charge in [-0.15, -0.1) is 0 Å². The molecule has 0 amide bonds. The summed E-state index contributed by atoms with van der Waals surface area (Å²) in [5.74, 6) is -0.894. The van der Waals surface area contributed by atoms with E-state index in [1.807, 2.05) is 6.07 Å². The fraction of sp³-hybridized carbons (Fsp3) is 0.0769. The van der Waals surface area contributed by atoms with Gasteiger partial charge in [-0.05, 0) is 58.5 Å². The summed E-state index contributed by atoms with van der Waals surface area (Å²) in [5.41, 5.74) is 0.679. The van der Waals surface area contributed by atoms with Gasteiger partial charge in [0.1, 0.15) is 10.7 Å². The molecule has 2 aromatic rings. The first kappa shape index (κ1) is 15.2. The van der Waals surface area contributed by atoms with E-state index in [0.29, 0.717) is 11.3 Å². The van der Waals surface area contributed by atoms with Gasteiger partial charge in [0.05, 0.1) is 6.61 Å². The van der Waals surface area contributed by atoms with Gasteiger partial charge in [-0.25, -0.2) is 12.8 Å². The quantitative estimate of drug-likeness (QED) is 0.767. The Hall–Kier alpha value is -1.19. The van der Waals surface area contributed by atoms with Crippen LogP contribution in [-0.4, -0.2) is 13.5 Å². The third-order valence-corrected chi connectivity index (χ3v) is 4.63. The summed E-state index contributed by atoms with van der Waals surface area (Å²) in [4.78, 5) is -0.450. The Morgan fingerprint density at radius 3 is 2.55 bits per heavy atom. The van der Waals surface area contributed by atoms with Crippen LogP contribution in [0, 0.1) is 9.39 Å². The summed E-state index contributed by atoms with van der Waals surface area (Å²) in [6, 6.07) is 10.2. The molecule has 0 aliphatic rings. The molecule has 2 aromatic carbocycles. The summed E-state index contributed by atoms with van der Waals surface area (Å²) in [7, 11) is -4.00. The highest BCUT2D eigenvalue weighted by Gasteiger charge is 2.19. The van der Waals surface area contributed by atoms with Gasteiger partial charge in [-0.1, -0.05) is 12.1 Å². The van der Waals surface area contributed by atoms with Gasteiger partial charge in [0, 0.05) is 9.26 Å². The van der Waals surface area contributed by atoms with Crippen LogP contribution in [0.3, 0.4) is 0 Å². The summed E-state index contributed by atoms with van der Waals surface area (Å²) < 4.78 is 41.2. The highest BCUT2D eigenvalue weighted by molar-refractivity contribution is 14.1. The first-order valence-electron chi connectivity index (χ1n) is 5.60. The number of sulfonamides is 1. The topological polar surface area (TPSA) is 66.4 Å². The minimum Gasteiger partial charge on any atom is -0.392 e. The molecule has 0 aliphatic carbocycles. The molecule has 20 heavy (non-hydrogen) atoms. The Bertz CT molecular complexity index is 734. The maximum atomic E-state index is 13.8. The zero-order valence-corrected chi connectivity index (χ0v) is 13.2. The van der Waals surface area contributed by atoms with Crippen molar-refractivity contribution in [1.82, 2.24) is 0 Å². The molecule has 0 fully saturated rings. The smallest absolute Gasteiger partial charge is 0.264 e. The minimum absolute atomic E-state index is 0.315. The van der Waals surface area contributed by atoms with E-state index in [4.69, 9.17) is 5.11 Å². The van der Waals surface area contributed by atoms with E-state index in [0.717, 1.165) is 15.7 Å². The van der Waals surface area contributed by atoms with Crippen molar-refractivity contribution < 1.29 is 17.9 Å². The second-order valence-corrected chi connectivity index (χ2v) is 6.94. The first-order valence-corrected chi connectivity index (χ1v) is 8.16. The second kappa shape index (κ2) is 6.06. The largest absolute Gasteiger partial charge is 0.392 e. The zero-order chi connectivity index (χ0) is 14.8. The van der Waals surface area contributed by atoms with Gasteiger partial charge in [0.15, 0.2) is 0 Å². The molecule has 0 aromatic heterocycles. The maximum absolute atomic E-state index is 13.8. The number of nitrogens with one attached hydrogen (secondary N) is 1. The van der Waals surface area contributed by atoms with Crippen LogP contribution >= 0.6 is 22.6 Å². The van der Waals surface area contributed by atoms with Crippen molar-refractivity contribution in [1.29, 1.82) is 0 Å². The lowest BCUT2D eigenvalue weighted by atomic mass is 10.2. The van der Waals surface area contributed by atoms with Crippen molar-refractivity contribution in [3.05, 3.63) is 57.4 Å². The van der Waals surface area contributed by atoms with Crippen LogP contribution in [0.1, 0.15) is 5.56 Å². The van der Waals surface area contributed by atoms with E-state index in [1.54, 1.807) is 18.2 Å². The summed E-state index contributed by atoms with van der Waals surface area (Å²) >= 11 is 2.05. The fourth-order valence-electron chi connectivity index (χ4n) is 1.62. The molecule has 0 aliphatic heterocycles. The van der Waals surface area contributed by atoms with Crippen LogP contribution in [-0.2, 0) is 16.6 Å². The third kappa shape index (κ3) is 3.47. The molecule has 0 bridgehead atoms. The molecule has 0 radical (unpaired) electrons. The fourth-order valence-corrected chi connectivity index (χ4v) is 3.28. The highest BCUT2D eigenvalue weighted by atomic mass is 127. The number of benzene rings is 2. The minimum atomic E-state index is -4.00. The van der Waals surface area contributed by atoms with Crippen LogP contribution in [0.4, 0.5) is 10.1 Å². The van der Waals surface area contributed by atoms with Crippen molar-refractivity contribution in [3.8, 4) is 0 Å².